The van der Waals surface area contributed by atoms with Crippen molar-refractivity contribution in [3.63, 3.8) is 0 Å². The monoisotopic (exact) mass is 309 g/mol. The number of aromatic nitrogens is 2. The predicted molar refractivity (Wildman–Crippen MR) is 84.5 cm³/mol. The van der Waals surface area contributed by atoms with Crippen molar-refractivity contribution < 1.29 is 9.53 Å². The van der Waals surface area contributed by atoms with E-state index in [2.05, 4.69) is 39.6 Å². The number of nitrogens with zero attached hydrogens (tertiary/aromatic N) is 2. The summed E-state index contributed by atoms with van der Waals surface area (Å²) in [6.07, 6.45) is 2.74. The molecule has 1 fully saturated rings. The zero-order chi connectivity index (χ0) is 15.8. The van der Waals surface area contributed by atoms with Gasteiger partial charge in [-0.2, -0.15) is 5.10 Å². The number of urea groups is 1. The van der Waals surface area contributed by atoms with Crippen LogP contribution < -0.4 is 10.6 Å². The Labute approximate surface area is 131 Å². The van der Waals surface area contributed by atoms with Crippen LogP contribution in [-0.2, 0) is 11.3 Å². The minimum atomic E-state index is -0.142. The Kier molecular flexibility index (Phi) is 6.67. The quantitative estimate of drug-likeness (QED) is 0.700. The number of nitrogens with one attached hydrogen (secondary N) is 3. The molecule has 1 aliphatic rings. The van der Waals surface area contributed by atoms with E-state index in [-0.39, 0.29) is 6.03 Å². The number of rotatable bonds is 7. The fourth-order valence-electron chi connectivity index (χ4n) is 2.68. The zero-order valence-electron chi connectivity index (χ0n) is 13.5. The molecule has 0 unspecified atom stereocenters. The molecule has 0 bridgehead atoms. The highest BCUT2D eigenvalue weighted by molar-refractivity contribution is 5.73. The van der Waals surface area contributed by atoms with Crippen LogP contribution >= 0.6 is 0 Å². The van der Waals surface area contributed by atoms with Crippen molar-refractivity contribution >= 4 is 6.03 Å². The van der Waals surface area contributed by atoms with Crippen molar-refractivity contribution in [3.8, 4) is 0 Å². The van der Waals surface area contributed by atoms with Gasteiger partial charge < -0.3 is 15.4 Å². The third kappa shape index (κ3) is 5.65. The highest BCUT2D eigenvalue weighted by Crippen LogP contribution is 2.12. The Balaban J connectivity index is 1.75. The second-order valence-corrected chi connectivity index (χ2v) is 6.08. The number of hydrogen-bond donors (Lipinski definition) is 3. The molecule has 1 aliphatic heterocycles. The second-order valence-electron chi connectivity index (χ2n) is 6.08. The van der Waals surface area contributed by atoms with Crippen LogP contribution in [0.3, 0.4) is 0 Å². The van der Waals surface area contributed by atoms with Gasteiger partial charge in [-0.05, 0) is 18.4 Å². The Morgan fingerprint density at radius 3 is 2.82 bits per heavy atom. The van der Waals surface area contributed by atoms with Gasteiger partial charge in [0.15, 0.2) is 0 Å². The number of hydrogen-bond acceptors (Lipinski definition) is 4. The van der Waals surface area contributed by atoms with Crippen LogP contribution in [0.25, 0.3) is 0 Å². The van der Waals surface area contributed by atoms with Crippen molar-refractivity contribution in [2.75, 3.05) is 32.8 Å². The molecular formula is C15H27N5O2. The van der Waals surface area contributed by atoms with E-state index >= 15 is 0 Å². The number of amides is 2. The first-order chi connectivity index (χ1) is 10.6. The molecule has 22 heavy (non-hydrogen) atoms. The second kappa shape index (κ2) is 8.75. The number of ether oxygens (including phenoxy) is 1. The summed E-state index contributed by atoms with van der Waals surface area (Å²) in [5, 5.41) is 12.5. The van der Waals surface area contributed by atoms with Crippen LogP contribution in [0.2, 0.25) is 0 Å². The summed E-state index contributed by atoms with van der Waals surface area (Å²) < 4.78 is 5.41. The topological polar surface area (TPSA) is 82.3 Å². The van der Waals surface area contributed by atoms with Crippen molar-refractivity contribution in [3.05, 3.63) is 18.0 Å². The van der Waals surface area contributed by atoms with Crippen LogP contribution in [0.15, 0.2) is 12.3 Å². The number of H-pyrrole nitrogens is 1. The van der Waals surface area contributed by atoms with Gasteiger partial charge in [0, 0.05) is 31.9 Å². The maximum absolute atomic E-state index is 11.9. The molecular weight excluding hydrogens is 282 g/mol. The fourth-order valence-corrected chi connectivity index (χ4v) is 2.68. The highest BCUT2D eigenvalue weighted by atomic mass is 16.5. The van der Waals surface area contributed by atoms with Gasteiger partial charge in [-0.25, -0.2) is 4.79 Å². The molecule has 3 N–H and O–H groups in total. The van der Waals surface area contributed by atoms with E-state index in [4.69, 9.17) is 4.74 Å². The standard InChI is InChI=1S/C15H27N5O2/c1-12(2)9-14(20-5-7-22-8-6-20)11-17-15(21)16-10-13-3-4-18-19-13/h3-4,12,14H,5-11H2,1-2H3,(H,18,19)(H2,16,17,21)/t14-/m0/s1. The van der Waals surface area contributed by atoms with Gasteiger partial charge in [-0.15, -0.1) is 0 Å². The molecule has 7 nitrogen and oxygen atoms in total. The lowest BCUT2D eigenvalue weighted by Gasteiger charge is -2.35. The summed E-state index contributed by atoms with van der Waals surface area (Å²) in [6, 6.07) is 2.06. The third-order valence-electron chi connectivity index (χ3n) is 3.80. The van der Waals surface area contributed by atoms with Crippen LogP contribution in [-0.4, -0.2) is 60.0 Å². The molecule has 1 aromatic rings. The van der Waals surface area contributed by atoms with Crippen molar-refractivity contribution in [1.82, 2.24) is 25.7 Å². The molecule has 7 heteroatoms. The van der Waals surface area contributed by atoms with Crippen LogP contribution in [0.4, 0.5) is 4.79 Å². The van der Waals surface area contributed by atoms with Crippen molar-refractivity contribution in [2.24, 2.45) is 5.92 Å². The van der Waals surface area contributed by atoms with E-state index in [1.165, 1.54) is 0 Å². The van der Waals surface area contributed by atoms with E-state index in [1.54, 1.807) is 6.20 Å². The van der Waals surface area contributed by atoms with E-state index in [9.17, 15) is 4.79 Å². The molecule has 2 rings (SSSR count). The maximum Gasteiger partial charge on any atom is 0.315 e. The van der Waals surface area contributed by atoms with Crippen LogP contribution in [0, 0.1) is 5.92 Å². The van der Waals surface area contributed by atoms with E-state index < -0.39 is 0 Å². The summed E-state index contributed by atoms with van der Waals surface area (Å²) in [5.41, 5.74) is 0.891. The van der Waals surface area contributed by atoms with E-state index in [0.717, 1.165) is 38.4 Å². The number of carbonyl (C=O) groups is 1. The Morgan fingerprint density at radius 1 is 1.41 bits per heavy atom. The first-order valence-corrected chi connectivity index (χ1v) is 7.97. The Bertz CT molecular complexity index is 429. The SMILES string of the molecule is CC(C)C[C@@H](CNC(=O)NCc1ccn[nH]1)N1CCOCC1. The molecule has 0 radical (unpaired) electrons. The normalized spacial score (nSPS) is 17.4. The van der Waals surface area contributed by atoms with Gasteiger partial charge >= 0.3 is 6.03 Å². The van der Waals surface area contributed by atoms with Crippen molar-refractivity contribution in [2.45, 2.75) is 32.9 Å². The first-order valence-electron chi connectivity index (χ1n) is 7.97. The fraction of sp³-hybridized carbons (Fsp3) is 0.733. The van der Waals surface area contributed by atoms with Crippen LogP contribution in [0.5, 0.6) is 0 Å². The average Bonchev–Trinajstić information content (AvgIpc) is 3.03. The summed E-state index contributed by atoms with van der Waals surface area (Å²) >= 11 is 0. The summed E-state index contributed by atoms with van der Waals surface area (Å²) in [5.74, 6) is 0.600. The summed E-state index contributed by atoms with van der Waals surface area (Å²) in [7, 11) is 0. The molecule has 0 aliphatic carbocycles. The number of aromatic amines is 1. The molecule has 0 spiro atoms. The van der Waals surface area contributed by atoms with Gasteiger partial charge in [0.25, 0.3) is 0 Å². The van der Waals surface area contributed by atoms with Gasteiger partial charge in [-0.1, -0.05) is 13.8 Å². The third-order valence-corrected chi connectivity index (χ3v) is 3.80. The lowest BCUT2D eigenvalue weighted by Crippen LogP contribution is -2.50. The summed E-state index contributed by atoms with van der Waals surface area (Å²) in [4.78, 5) is 14.3. The lowest BCUT2D eigenvalue weighted by molar-refractivity contribution is 0.0129. The van der Waals surface area contributed by atoms with Gasteiger partial charge in [0.05, 0.1) is 25.5 Å². The molecule has 2 amide bonds. The number of morpholine rings is 1. The van der Waals surface area contributed by atoms with Crippen molar-refractivity contribution in [1.29, 1.82) is 0 Å². The highest BCUT2D eigenvalue weighted by Gasteiger charge is 2.22. The minimum Gasteiger partial charge on any atom is -0.379 e. The Hall–Kier alpha value is -1.60. The van der Waals surface area contributed by atoms with Gasteiger partial charge in [0.2, 0.25) is 0 Å². The summed E-state index contributed by atoms with van der Waals surface area (Å²) in [6.45, 7) is 8.98. The molecule has 124 valence electrons. The predicted octanol–water partition coefficient (Wildman–Crippen LogP) is 0.956. The molecule has 1 aromatic heterocycles. The smallest absolute Gasteiger partial charge is 0.315 e. The van der Waals surface area contributed by atoms with E-state index in [0.29, 0.717) is 25.0 Å². The first kappa shape index (κ1) is 16.8. The zero-order valence-corrected chi connectivity index (χ0v) is 13.5. The van der Waals surface area contributed by atoms with E-state index in [1.807, 2.05) is 6.07 Å². The largest absolute Gasteiger partial charge is 0.379 e. The maximum atomic E-state index is 11.9. The van der Waals surface area contributed by atoms with Gasteiger partial charge in [0.1, 0.15) is 0 Å². The minimum absolute atomic E-state index is 0.142. The molecule has 1 atom stereocenters. The molecule has 2 heterocycles. The molecule has 1 saturated heterocycles. The molecule has 0 saturated carbocycles. The van der Waals surface area contributed by atoms with Crippen LogP contribution in [0.1, 0.15) is 26.0 Å². The lowest BCUT2D eigenvalue weighted by atomic mass is 10.0. The van der Waals surface area contributed by atoms with Gasteiger partial charge in [-0.3, -0.25) is 10.00 Å². The number of carbonyl (C=O) groups excluding carboxylic acids is 1. The Morgan fingerprint density at radius 2 is 2.18 bits per heavy atom. The molecule has 0 aromatic carbocycles. The average molecular weight is 309 g/mol.